The van der Waals surface area contributed by atoms with Crippen molar-refractivity contribution in [2.24, 2.45) is 11.8 Å². The van der Waals surface area contributed by atoms with Gasteiger partial charge in [-0.15, -0.1) is 0 Å². The van der Waals surface area contributed by atoms with Crippen LogP contribution in [0.1, 0.15) is 46.0 Å². The first-order valence-electron chi connectivity index (χ1n) is 9.90. The molecule has 1 saturated heterocycles. The van der Waals surface area contributed by atoms with Gasteiger partial charge in [0.15, 0.2) is 0 Å². The third-order valence-corrected chi connectivity index (χ3v) is 7.52. The lowest BCUT2D eigenvalue weighted by molar-refractivity contribution is -0.384. The average Bonchev–Trinajstić information content (AvgIpc) is 2.63. The summed E-state index contributed by atoms with van der Waals surface area (Å²) in [4.78, 5) is 11.0. The molecule has 1 heterocycles. The summed E-state index contributed by atoms with van der Waals surface area (Å²) in [6, 6.07) is 4.15. The van der Waals surface area contributed by atoms with Gasteiger partial charge in [0.1, 0.15) is 5.69 Å². The number of nitro groups is 1. The molecule has 1 aliphatic carbocycles. The summed E-state index contributed by atoms with van der Waals surface area (Å²) in [5.74, 6) is 0.521. The molecule has 1 aliphatic heterocycles. The van der Waals surface area contributed by atoms with Crippen molar-refractivity contribution >= 4 is 21.4 Å². The Morgan fingerprint density at radius 2 is 1.75 bits per heavy atom. The van der Waals surface area contributed by atoms with Crippen LogP contribution in [0.3, 0.4) is 0 Å². The standard InChI is InChI=1S/C19H29N3O5S/c1-13-9-14(2)12-21(11-13)28(26,27)17-7-8-18(19(10-17)22(24)25)20-15-3-5-16(23)6-4-15/h7-8,10,13-16,20,23H,3-6,9,11-12H2,1-2H3/t13-,14-,15?,16?/m1/s1. The number of anilines is 1. The highest BCUT2D eigenvalue weighted by Gasteiger charge is 2.33. The van der Waals surface area contributed by atoms with Crippen molar-refractivity contribution < 1.29 is 18.4 Å². The Balaban J connectivity index is 1.84. The largest absolute Gasteiger partial charge is 0.393 e. The van der Waals surface area contributed by atoms with Gasteiger partial charge in [0.2, 0.25) is 10.0 Å². The fourth-order valence-electron chi connectivity index (χ4n) is 4.34. The maximum absolute atomic E-state index is 13.0. The Kier molecular flexibility index (Phi) is 6.26. The molecule has 0 bridgehead atoms. The zero-order valence-electron chi connectivity index (χ0n) is 16.4. The van der Waals surface area contributed by atoms with Gasteiger partial charge in [-0.2, -0.15) is 4.31 Å². The molecule has 0 radical (unpaired) electrons. The molecule has 3 rings (SSSR count). The number of rotatable bonds is 5. The van der Waals surface area contributed by atoms with Crippen molar-refractivity contribution in [2.45, 2.75) is 63.0 Å². The fourth-order valence-corrected chi connectivity index (χ4v) is 6.04. The van der Waals surface area contributed by atoms with Crippen LogP contribution in [-0.4, -0.2) is 48.0 Å². The van der Waals surface area contributed by atoms with Crippen molar-refractivity contribution in [1.82, 2.24) is 4.31 Å². The maximum Gasteiger partial charge on any atom is 0.293 e. The van der Waals surface area contributed by atoms with Gasteiger partial charge in [-0.3, -0.25) is 10.1 Å². The molecule has 1 saturated carbocycles. The number of hydrogen-bond acceptors (Lipinski definition) is 6. The summed E-state index contributed by atoms with van der Waals surface area (Å²) < 4.78 is 27.5. The fraction of sp³-hybridized carbons (Fsp3) is 0.684. The minimum Gasteiger partial charge on any atom is -0.393 e. The predicted molar refractivity (Wildman–Crippen MR) is 107 cm³/mol. The molecule has 2 N–H and O–H groups in total. The van der Waals surface area contributed by atoms with Crippen LogP contribution in [0.25, 0.3) is 0 Å². The van der Waals surface area contributed by atoms with Gasteiger partial charge in [0, 0.05) is 25.2 Å². The van der Waals surface area contributed by atoms with Crippen molar-refractivity contribution in [3.8, 4) is 0 Å². The summed E-state index contributed by atoms with van der Waals surface area (Å²) in [6.45, 7) is 4.92. The van der Waals surface area contributed by atoms with Gasteiger partial charge in [-0.05, 0) is 56.1 Å². The number of nitro benzene ring substituents is 1. The minimum absolute atomic E-state index is 0.0355. The van der Waals surface area contributed by atoms with E-state index in [4.69, 9.17) is 0 Å². The van der Waals surface area contributed by atoms with E-state index in [1.807, 2.05) is 13.8 Å². The van der Waals surface area contributed by atoms with Gasteiger partial charge >= 0.3 is 0 Å². The van der Waals surface area contributed by atoms with Gasteiger partial charge in [0.05, 0.1) is 15.9 Å². The normalized spacial score (nSPS) is 29.4. The van der Waals surface area contributed by atoms with Crippen molar-refractivity contribution in [3.63, 3.8) is 0 Å². The van der Waals surface area contributed by atoms with E-state index in [-0.39, 0.29) is 34.6 Å². The summed E-state index contributed by atoms with van der Waals surface area (Å²) in [5, 5.41) is 24.4. The first-order valence-corrected chi connectivity index (χ1v) is 11.3. The molecule has 1 aromatic rings. The molecule has 0 unspecified atom stereocenters. The second-order valence-electron chi connectivity index (χ2n) is 8.35. The maximum atomic E-state index is 13.0. The Labute approximate surface area is 166 Å². The van der Waals surface area contributed by atoms with Crippen LogP contribution in [0.4, 0.5) is 11.4 Å². The van der Waals surface area contributed by atoms with Crippen LogP contribution in [0, 0.1) is 22.0 Å². The average molecular weight is 412 g/mol. The first kappa shape index (κ1) is 21.0. The topological polar surface area (TPSA) is 113 Å². The number of aliphatic hydroxyl groups excluding tert-OH is 1. The highest BCUT2D eigenvalue weighted by atomic mass is 32.2. The van der Waals surface area contributed by atoms with Gasteiger partial charge in [-0.1, -0.05) is 13.8 Å². The smallest absolute Gasteiger partial charge is 0.293 e. The van der Waals surface area contributed by atoms with E-state index in [0.29, 0.717) is 31.6 Å². The Morgan fingerprint density at radius 3 is 2.32 bits per heavy atom. The lowest BCUT2D eigenvalue weighted by Gasteiger charge is -2.34. The van der Waals surface area contributed by atoms with Crippen molar-refractivity contribution in [1.29, 1.82) is 0 Å². The lowest BCUT2D eigenvalue weighted by Crippen LogP contribution is -2.42. The Morgan fingerprint density at radius 1 is 1.14 bits per heavy atom. The minimum atomic E-state index is -3.77. The third-order valence-electron chi connectivity index (χ3n) is 5.70. The van der Waals surface area contributed by atoms with E-state index in [0.717, 1.165) is 19.3 Å². The molecule has 9 heteroatoms. The molecule has 1 aromatic carbocycles. The van der Waals surface area contributed by atoms with E-state index < -0.39 is 14.9 Å². The second-order valence-corrected chi connectivity index (χ2v) is 10.3. The Hall–Kier alpha value is -1.71. The number of benzene rings is 1. The Bertz CT molecular complexity index is 811. The van der Waals surface area contributed by atoms with Crippen molar-refractivity contribution in [3.05, 3.63) is 28.3 Å². The number of nitrogens with zero attached hydrogens (tertiary/aromatic N) is 2. The van der Waals surface area contributed by atoms with Crippen LogP contribution in [0.2, 0.25) is 0 Å². The van der Waals surface area contributed by atoms with Crippen molar-refractivity contribution in [2.75, 3.05) is 18.4 Å². The summed E-state index contributed by atoms with van der Waals surface area (Å²) in [5.41, 5.74) is 0.0935. The molecule has 28 heavy (non-hydrogen) atoms. The van der Waals surface area contributed by atoms with E-state index >= 15 is 0 Å². The van der Waals surface area contributed by atoms with Crippen LogP contribution in [0.5, 0.6) is 0 Å². The molecule has 156 valence electrons. The molecular weight excluding hydrogens is 382 g/mol. The molecule has 2 atom stereocenters. The van der Waals surface area contributed by atoms with Crippen LogP contribution >= 0.6 is 0 Å². The lowest BCUT2D eigenvalue weighted by atomic mass is 9.93. The number of sulfonamides is 1. The second kappa shape index (κ2) is 8.34. The van der Waals surface area contributed by atoms with E-state index in [9.17, 15) is 23.6 Å². The van der Waals surface area contributed by atoms with Gasteiger partial charge in [-0.25, -0.2) is 8.42 Å². The molecule has 8 nitrogen and oxygen atoms in total. The van der Waals surface area contributed by atoms with E-state index in [2.05, 4.69) is 5.32 Å². The summed E-state index contributed by atoms with van der Waals surface area (Å²) in [6.07, 6.45) is 3.43. The monoisotopic (exact) mass is 411 g/mol. The zero-order valence-corrected chi connectivity index (χ0v) is 17.2. The molecule has 2 fully saturated rings. The summed E-state index contributed by atoms with van der Waals surface area (Å²) in [7, 11) is -3.77. The summed E-state index contributed by atoms with van der Waals surface area (Å²) >= 11 is 0. The van der Waals surface area contributed by atoms with E-state index in [1.165, 1.54) is 22.5 Å². The SMILES string of the molecule is C[C@@H]1C[C@@H](C)CN(S(=O)(=O)c2ccc(NC3CCC(O)CC3)c([N+](=O)[O-])c2)C1. The van der Waals surface area contributed by atoms with Gasteiger partial charge in [0.25, 0.3) is 5.69 Å². The third kappa shape index (κ3) is 4.64. The zero-order chi connectivity index (χ0) is 20.5. The van der Waals surface area contributed by atoms with E-state index in [1.54, 1.807) is 0 Å². The van der Waals surface area contributed by atoms with Crippen LogP contribution < -0.4 is 5.32 Å². The highest BCUT2D eigenvalue weighted by molar-refractivity contribution is 7.89. The number of hydrogen-bond donors (Lipinski definition) is 2. The van der Waals surface area contributed by atoms with Crippen LogP contribution in [-0.2, 0) is 10.0 Å². The molecule has 2 aliphatic rings. The molecule has 0 amide bonds. The van der Waals surface area contributed by atoms with Gasteiger partial charge < -0.3 is 10.4 Å². The molecule has 0 spiro atoms. The molecule has 0 aromatic heterocycles. The molecular formula is C19H29N3O5S. The number of aliphatic hydroxyl groups is 1. The first-order chi connectivity index (χ1) is 13.2. The van der Waals surface area contributed by atoms with Crippen LogP contribution in [0.15, 0.2) is 23.1 Å². The highest BCUT2D eigenvalue weighted by Crippen LogP contribution is 2.33. The number of piperidine rings is 1. The quantitative estimate of drug-likeness (QED) is 0.569. The predicted octanol–water partition coefficient (Wildman–Crippen LogP) is 2.98. The number of nitrogens with one attached hydrogen (secondary N) is 1.